The van der Waals surface area contributed by atoms with Crippen LogP contribution in [0.3, 0.4) is 0 Å². The lowest BCUT2D eigenvalue weighted by molar-refractivity contribution is -0.385. The van der Waals surface area contributed by atoms with Crippen molar-refractivity contribution in [1.29, 1.82) is 5.26 Å². The Bertz CT molecular complexity index is 490. The molecule has 1 aromatic rings. The van der Waals surface area contributed by atoms with Gasteiger partial charge in [-0.15, -0.1) is 0 Å². The maximum Gasteiger partial charge on any atom is 0.306 e. The lowest BCUT2D eigenvalue weighted by Gasteiger charge is -2.09. The van der Waals surface area contributed by atoms with Gasteiger partial charge in [0.15, 0.2) is 0 Å². The molecule has 0 fully saturated rings. The average Bonchev–Trinajstić information content (AvgIpc) is 2.26. The zero-order chi connectivity index (χ0) is 12.3. The molecule has 0 N–H and O–H groups in total. The average molecular weight is 220 g/mol. The molecule has 0 atom stereocenters. The van der Waals surface area contributed by atoms with Gasteiger partial charge in [0, 0.05) is 26.4 Å². The smallest absolute Gasteiger partial charge is 0.306 e. The van der Waals surface area contributed by atoms with Gasteiger partial charge in [-0.2, -0.15) is 5.26 Å². The second-order valence-corrected chi connectivity index (χ2v) is 3.16. The molecule has 0 aromatic carbocycles. The molecule has 0 aliphatic carbocycles. The van der Waals surface area contributed by atoms with Crippen LogP contribution in [0.15, 0.2) is 12.3 Å². The minimum atomic E-state index is -0.738. The van der Waals surface area contributed by atoms with Gasteiger partial charge in [-0.3, -0.25) is 14.9 Å². The van der Waals surface area contributed by atoms with Crippen LogP contribution in [0.4, 0.5) is 5.69 Å². The third-order valence-corrected chi connectivity index (χ3v) is 1.82. The normalized spacial score (nSPS) is 9.31. The molecule has 0 aliphatic rings. The van der Waals surface area contributed by atoms with E-state index in [-0.39, 0.29) is 11.3 Å². The van der Waals surface area contributed by atoms with Crippen LogP contribution in [0.5, 0.6) is 0 Å². The molecule has 1 aromatic heterocycles. The zero-order valence-electron chi connectivity index (χ0n) is 8.67. The van der Waals surface area contributed by atoms with Crippen LogP contribution in [-0.2, 0) is 0 Å². The van der Waals surface area contributed by atoms with Gasteiger partial charge in [-0.1, -0.05) is 0 Å². The van der Waals surface area contributed by atoms with Crippen LogP contribution in [0.2, 0.25) is 0 Å². The Morgan fingerprint density at radius 3 is 2.69 bits per heavy atom. The molecule has 0 bridgehead atoms. The van der Waals surface area contributed by atoms with Crippen molar-refractivity contribution in [2.75, 3.05) is 14.1 Å². The van der Waals surface area contributed by atoms with Crippen LogP contribution in [0, 0.1) is 21.4 Å². The topological polar surface area (TPSA) is 100 Å². The third kappa shape index (κ3) is 2.12. The maximum absolute atomic E-state index is 11.5. The van der Waals surface area contributed by atoms with Crippen molar-refractivity contribution in [3.05, 3.63) is 33.6 Å². The number of amides is 1. The number of aromatic nitrogens is 1. The standard InChI is InChI=1S/C9H8N4O3/c1-12(2)9(14)6-3-8(13(15)16)7(4-10)11-5-6/h3,5H,1-2H3. The number of carbonyl (C=O) groups is 1. The largest absolute Gasteiger partial charge is 0.345 e. The lowest BCUT2D eigenvalue weighted by atomic mass is 10.2. The summed E-state index contributed by atoms with van der Waals surface area (Å²) < 4.78 is 0. The highest BCUT2D eigenvalue weighted by Crippen LogP contribution is 2.17. The summed E-state index contributed by atoms with van der Waals surface area (Å²) in [4.78, 5) is 26.2. The van der Waals surface area contributed by atoms with Crippen LogP contribution in [0.25, 0.3) is 0 Å². The van der Waals surface area contributed by atoms with Gasteiger partial charge in [-0.05, 0) is 0 Å². The minimum Gasteiger partial charge on any atom is -0.345 e. The molecule has 7 heteroatoms. The van der Waals surface area contributed by atoms with Crippen molar-refractivity contribution < 1.29 is 9.72 Å². The maximum atomic E-state index is 11.5. The van der Waals surface area contributed by atoms with E-state index in [1.807, 2.05) is 0 Å². The summed E-state index contributed by atoms with van der Waals surface area (Å²) in [6, 6.07) is 2.64. The Hall–Kier alpha value is -2.49. The molecule has 1 amide bonds. The molecule has 0 radical (unpaired) electrons. The first-order chi connectivity index (χ1) is 7.47. The molecule has 16 heavy (non-hydrogen) atoms. The van der Waals surface area contributed by atoms with Crippen molar-refractivity contribution in [1.82, 2.24) is 9.88 Å². The number of carbonyl (C=O) groups excluding carboxylic acids is 1. The van der Waals surface area contributed by atoms with Crippen LogP contribution in [-0.4, -0.2) is 34.8 Å². The molecule has 0 saturated heterocycles. The molecule has 1 rings (SSSR count). The number of nitro groups is 1. The molecule has 0 aliphatic heterocycles. The van der Waals surface area contributed by atoms with E-state index in [2.05, 4.69) is 4.98 Å². The fraction of sp³-hybridized carbons (Fsp3) is 0.222. The lowest BCUT2D eigenvalue weighted by Crippen LogP contribution is -2.22. The second kappa shape index (κ2) is 4.35. The zero-order valence-corrected chi connectivity index (χ0v) is 8.67. The summed E-state index contributed by atoms with van der Waals surface area (Å²) in [6.45, 7) is 0. The first kappa shape index (κ1) is 11.6. The third-order valence-electron chi connectivity index (χ3n) is 1.82. The van der Waals surface area contributed by atoms with Crippen LogP contribution < -0.4 is 0 Å². The van der Waals surface area contributed by atoms with Gasteiger partial charge in [0.1, 0.15) is 6.07 Å². The van der Waals surface area contributed by atoms with E-state index < -0.39 is 16.5 Å². The van der Waals surface area contributed by atoms with E-state index in [9.17, 15) is 14.9 Å². The fourth-order valence-electron chi connectivity index (χ4n) is 1.05. The Morgan fingerprint density at radius 1 is 1.62 bits per heavy atom. The van der Waals surface area contributed by atoms with E-state index in [0.717, 1.165) is 12.3 Å². The highest BCUT2D eigenvalue weighted by atomic mass is 16.6. The van der Waals surface area contributed by atoms with E-state index in [1.165, 1.54) is 19.0 Å². The van der Waals surface area contributed by atoms with Gasteiger partial charge >= 0.3 is 5.69 Å². The molecular weight excluding hydrogens is 212 g/mol. The number of nitrogens with zero attached hydrogens (tertiary/aromatic N) is 4. The van der Waals surface area contributed by atoms with Crippen molar-refractivity contribution in [2.45, 2.75) is 0 Å². The number of hydrogen-bond donors (Lipinski definition) is 0. The predicted octanol–water partition coefficient (Wildman–Crippen LogP) is 0.563. The first-order valence-corrected chi connectivity index (χ1v) is 4.23. The fourth-order valence-corrected chi connectivity index (χ4v) is 1.05. The van der Waals surface area contributed by atoms with E-state index in [0.29, 0.717) is 0 Å². The molecular formula is C9H8N4O3. The number of pyridine rings is 1. The van der Waals surface area contributed by atoms with E-state index >= 15 is 0 Å². The molecule has 82 valence electrons. The first-order valence-electron chi connectivity index (χ1n) is 4.23. The van der Waals surface area contributed by atoms with Crippen molar-refractivity contribution in [2.24, 2.45) is 0 Å². The summed E-state index contributed by atoms with van der Waals surface area (Å²) in [5, 5.41) is 19.2. The molecule has 0 unspecified atom stereocenters. The highest BCUT2D eigenvalue weighted by Gasteiger charge is 2.19. The number of nitriles is 1. The number of rotatable bonds is 2. The summed E-state index contributed by atoms with van der Waals surface area (Å²) in [5.74, 6) is -0.403. The van der Waals surface area contributed by atoms with Gasteiger partial charge in [0.2, 0.25) is 5.69 Å². The number of hydrogen-bond acceptors (Lipinski definition) is 5. The highest BCUT2D eigenvalue weighted by molar-refractivity contribution is 5.94. The van der Waals surface area contributed by atoms with E-state index in [1.54, 1.807) is 6.07 Å². The molecule has 7 nitrogen and oxygen atoms in total. The minimum absolute atomic E-state index is 0.0794. The summed E-state index contributed by atoms with van der Waals surface area (Å²) in [5.41, 5.74) is -0.689. The second-order valence-electron chi connectivity index (χ2n) is 3.16. The predicted molar refractivity (Wildman–Crippen MR) is 53.6 cm³/mol. The van der Waals surface area contributed by atoms with Gasteiger partial charge in [0.25, 0.3) is 5.91 Å². The monoisotopic (exact) mass is 220 g/mol. The molecule has 0 spiro atoms. The Morgan fingerprint density at radius 2 is 2.25 bits per heavy atom. The summed E-state index contributed by atoms with van der Waals surface area (Å²) in [7, 11) is 3.04. The SMILES string of the molecule is CN(C)C(=O)c1cnc(C#N)c([N+](=O)[O-])c1. The Labute approximate surface area is 91.1 Å². The van der Waals surface area contributed by atoms with Crippen LogP contribution in [0.1, 0.15) is 16.1 Å². The van der Waals surface area contributed by atoms with Gasteiger partial charge in [0.05, 0.1) is 10.5 Å². The van der Waals surface area contributed by atoms with Gasteiger partial charge < -0.3 is 4.90 Å². The quantitative estimate of drug-likeness (QED) is 0.535. The Balaban J connectivity index is 3.29. The Kier molecular flexibility index (Phi) is 3.15. The van der Waals surface area contributed by atoms with Crippen LogP contribution >= 0.6 is 0 Å². The molecule has 1 heterocycles. The summed E-state index contributed by atoms with van der Waals surface area (Å²) in [6.07, 6.45) is 1.15. The van der Waals surface area contributed by atoms with E-state index in [4.69, 9.17) is 5.26 Å². The van der Waals surface area contributed by atoms with Gasteiger partial charge in [-0.25, -0.2) is 4.98 Å². The van der Waals surface area contributed by atoms with Crippen molar-refractivity contribution in [3.8, 4) is 6.07 Å². The molecule has 0 saturated carbocycles. The van der Waals surface area contributed by atoms with Crippen molar-refractivity contribution in [3.63, 3.8) is 0 Å². The summed E-state index contributed by atoms with van der Waals surface area (Å²) >= 11 is 0. The van der Waals surface area contributed by atoms with Crippen molar-refractivity contribution >= 4 is 11.6 Å².